The molecule has 0 spiro atoms. The Balaban J connectivity index is 1.44. The summed E-state index contributed by atoms with van der Waals surface area (Å²) in [6, 6.07) is 1.21. The molecule has 1 aliphatic heterocycles. The molecule has 0 aromatic rings. The van der Waals surface area contributed by atoms with Gasteiger partial charge in [0.15, 0.2) is 0 Å². The van der Waals surface area contributed by atoms with Gasteiger partial charge in [0, 0.05) is 25.2 Å². The molecule has 24 heavy (non-hydrogen) atoms. The first-order valence-electron chi connectivity index (χ1n) is 10.3. The fraction of sp³-hybridized carbons (Fsp3) is 1.00. The fourth-order valence-electron chi connectivity index (χ4n) is 5.90. The molecular weight excluding hydrogens is 298 g/mol. The lowest BCUT2D eigenvalue weighted by atomic mass is 9.70. The molecule has 2 bridgehead atoms. The van der Waals surface area contributed by atoms with Crippen LogP contribution in [0.3, 0.4) is 0 Å². The van der Waals surface area contributed by atoms with Crippen molar-refractivity contribution in [1.82, 2.24) is 4.90 Å². The van der Waals surface area contributed by atoms with E-state index in [1.54, 1.807) is 0 Å². The highest BCUT2D eigenvalue weighted by Crippen LogP contribution is 2.66. The summed E-state index contributed by atoms with van der Waals surface area (Å²) in [5.41, 5.74) is 0.744. The molecule has 1 heterocycles. The van der Waals surface area contributed by atoms with E-state index in [1.165, 1.54) is 38.5 Å². The van der Waals surface area contributed by atoms with Gasteiger partial charge in [-0.2, -0.15) is 0 Å². The van der Waals surface area contributed by atoms with E-state index in [4.69, 9.17) is 4.74 Å². The van der Waals surface area contributed by atoms with Crippen LogP contribution in [-0.4, -0.2) is 47.4 Å². The fourth-order valence-corrected chi connectivity index (χ4v) is 5.90. The number of fused-ring (bicyclic) bond motifs is 2. The first-order valence-corrected chi connectivity index (χ1v) is 10.3. The van der Waals surface area contributed by atoms with Crippen molar-refractivity contribution in [3.05, 3.63) is 0 Å². The van der Waals surface area contributed by atoms with Crippen molar-refractivity contribution >= 4 is 0 Å². The highest BCUT2D eigenvalue weighted by molar-refractivity contribution is 5.11. The van der Waals surface area contributed by atoms with Crippen LogP contribution < -0.4 is 0 Å². The third-order valence-corrected chi connectivity index (χ3v) is 8.28. The minimum atomic E-state index is -0.257. The highest BCUT2D eigenvalue weighted by Gasteiger charge is 2.61. The van der Waals surface area contributed by atoms with Crippen molar-refractivity contribution in [2.75, 3.05) is 13.2 Å². The third-order valence-electron chi connectivity index (χ3n) is 8.28. The molecule has 3 heteroatoms. The first kappa shape index (κ1) is 18.7. The quantitative estimate of drug-likeness (QED) is 0.787. The minimum Gasteiger partial charge on any atom is -0.392 e. The maximum atomic E-state index is 10.5. The van der Waals surface area contributed by atoms with Gasteiger partial charge >= 0.3 is 0 Å². The van der Waals surface area contributed by atoms with Gasteiger partial charge in [-0.15, -0.1) is 0 Å². The number of hydrogen-bond donors (Lipinski definition) is 1. The van der Waals surface area contributed by atoms with Crippen LogP contribution in [0.15, 0.2) is 0 Å². The number of hydrogen-bond acceptors (Lipinski definition) is 3. The zero-order chi connectivity index (χ0) is 17.5. The molecular formula is C21H39NO2. The molecule has 3 aliphatic rings. The van der Waals surface area contributed by atoms with Gasteiger partial charge in [0.2, 0.25) is 0 Å². The van der Waals surface area contributed by atoms with Crippen molar-refractivity contribution in [2.24, 2.45) is 16.7 Å². The van der Waals surface area contributed by atoms with Crippen LogP contribution in [0.1, 0.15) is 79.6 Å². The van der Waals surface area contributed by atoms with Gasteiger partial charge in [0.25, 0.3) is 0 Å². The summed E-state index contributed by atoms with van der Waals surface area (Å²) in [5.74, 6) is 0.826. The van der Waals surface area contributed by atoms with E-state index >= 15 is 0 Å². The average molecular weight is 338 g/mol. The van der Waals surface area contributed by atoms with Gasteiger partial charge in [-0.05, 0) is 69.1 Å². The molecule has 3 rings (SSSR count). The number of rotatable bonds is 6. The van der Waals surface area contributed by atoms with Gasteiger partial charge in [-0.25, -0.2) is 0 Å². The molecule has 1 saturated heterocycles. The summed E-state index contributed by atoms with van der Waals surface area (Å²) >= 11 is 0. The largest absolute Gasteiger partial charge is 0.392 e. The zero-order valence-electron chi connectivity index (χ0n) is 16.6. The number of piperidine rings is 1. The van der Waals surface area contributed by atoms with Crippen LogP contribution in [0, 0.1) is 16.7 Å². The third kappa shape index (κ3) is 3.17. The topological polar surface area (TPSA) is 32.7 Å². The van der Waals surface area contributed by atoms with Crippen molar-refractivity contribution in [1.29, 1.82) is 0 Å². The number of nitrogens with zero attached hydrogens (tertiary/aromatic N) is 1. The Bertz CT molecular complexity index is 428. The Morgan fingerprint density at radius 1 is 1.12 bits per heavy atom. The van der Waals surface area contributed by atoms with Crippen molar-refractivity contribution in [2.45, 2.75) is 104 Å². The van der Waals surface area contributed by atoms with Crippen LogP contribution in [-0.2, 0) is 4.74 Å². The SMILES string of the molecule is CC1CCCC(C)N1CC(O)CCOC1CC2CCC1(C)C2(C)C. The Hall–Kier alpha value is -0.120. The van der Waals surface area contributed by atoms with E-state index in [0.29, 0.717) is 35.6 Å². The van der Waals surface area contributed by atoms with Gasteiger partial charge in [0.05, 0.1) is 12.2 Å². The Labute approximate surface area is 149 Å². The van der Waals surface area contributed by atoms with E-state index in [2.05, 4.69) is 39.5 Å². The van der Waals surface area contributed by atoms with Gasteiger partial charge in [-0.1, -0.05) is 27.2 Å². The first-order chi connectivity index (χ1) is 11.3. The number of likely N-dealkylation sites (tertiary alicyclic amines) is 1. The lowest BCUT2D eigenvalue weighted by Gasteiger charge is -2.40. The Morgan fingerprint density at radius 3 is 2.33 bits per heavy atom. The van der Waals surface area contributed by atoms with E-state index < -0.39 is 0 Å². The zero-order valence-corrected chi connectivity index (χ0v) is 16.6. The van der Waals surface area contributed by atoms with Crippen molar-refractivity contribution in [3.8, 4) is 0 Å². The van der Waals surface area contributed by atoms with Gasteiger partial charge in [0.1, 0.15) is 0 Å². The molecule has 0 amide bonds. The summed E-state index contributed by atoms with van der Waals surface area (Å²) in [5, 5.41) is 10.5. The number of aliphatic hydroxyl groups excluding tert-OH is 1. The molecule has 0 radical (unpaired) electrons. The van der Waals surface area contributed by atoms with Crippen molar-refractivity contribution < 1.29 is 9.84 Å². The normalized spacial score (nSPS) is 43.2. The molecule has 140 valence electrons. The highest BCUT2D eigenvalue weighted by atomic mass is 16.5. The van der Waals surface area contributed by atoms with Crippen LogP contribution in [0.2, 0.25) is 0 Å². The van der Waals surface area contributed by atoms with E-state index in [0.717, 1.165) is 18.9 Å². The number of β-amino-alcohol motifs (C(OH)–C–C–N with tert-alkyl or cyclic N) is 1. The van der Waals surface area contributed by atoms with E-state index in [1.807, 2.05) is 0 Å². The van der Waals surface area contributed by atoms with Crippen LogP contribution in [0.25, 0.3) is 0 Å². The Morgan fingerprint density at radius 2 is 1.79 bits per heavy atom. The van der Waals surface area contributed by atoms with Gasteiger partial charge in [-0.3, -0.25) is 4.90 Å². The van der Waals surface area contributed by atoms with Gasteiger partial charge < -0.3 is 9.84 Å². The minimum absolute atomic E-state index is 0.257. The second kappa shape index (κ2) is 6.89. The second-order valence-electron chi connectivity index (χ2n) is 9.74. The molecule has 3 nitrogen and oxygen atoms in total. The monoisotopic (exact) mass is 337 g/mol. The summed E-state index contributed by atoms with van der Waals surface area (Å²) in [6.07, 6.45) is 8.67. The molecule has 6 unspecified atom stereocenters. The van der Waals surface area contributed by atoms with Crippen LogP contribution in [0.4, 0.5) is 0 Å². The summed E-state index contributed by atoms with van der Waals surface area (Å²) in [7, 11) is 0. The molecule has 0 aromatic heterocycles. The standard InChI is InChI=1S/C21H39NO2/c1-15-7-6-8-16(2)22(15)14-18(23)10-12-24-19-13-17-9-11-21(19,5)20(17,3)4/h15-19,23H,6-14H2,1-5H3. The smallest absolute Gasteiger partial charge is 0.0689 e. The number of aliphatic hydroxyl groups is 1. The van der Waals surface area contributed by atoms with Crippen LogP contribution >= 0.6 is 0 Å². The molecule has 3 fully saturated rings. The van der Waals surface area contributed by atoms with E-state index in [-0.39, 0.29) is 6.10 Å². The number of ether oxygens (including phenoxy) is 1. The summed E-state index contributed by atoms with van der Waals surface area (Å²) in [6.45, 7) is 13.4. The van der Waals surface area contributed by atoms with Crippen molar-refractivity contribution in [3.63, 3.8) is 0 Å². The molecule has 6 atom stereocenters. The second-order valence-corrected chi connectivity index (χ2v) is 9.74. The lowest BCUT2D eigenvalue weighted by Crippen LogP contribution is -2.47. The summed E-state index contributed by atoms with van der Waals surface area (Å²) in [4.78, 5) is 2.50. The predicted molar refractivity (Wildman–Crippen MR) is 99.1 cm³/mol. The maximum Gasteiger partial charge on any atom is 0.0689 e. The van der Waals surface area contributed by atoms with Crippen LogP contribution in [0.5, 0.6) is 0 Å². The Kier molecular flexibility index (Phi) is 5.36. The molecule has 2 aliphatic carbocycles. The molecule has 0 aromatic carbocycles. The maximum absolute atomic E-state index is 10.5. The average Bonchev–Trinajstić information content (AvgIpc) is 2.84. The van der Waals surface area contributed by atoms with E-state index in [9.17, 15) is 5.11 Å². The molecule has 1 N–H and O–H groups in total. The molecule has 2 saturated carbocycles. The predicted octanol–water partition coefficient (Wildman–Crippen LogP) is 4.23. The summed E-state index contributed by atoms with van der Waals surface area (Å²) < 4.78 is 6.31. The lowest BCUT2D eigenvalue weighted by molar-refractivity contribution is -0.0587.